The van der Waals surface area contributed by atoms with Gasteiger partial charge in [0.05, 0.1) is 0 Å². The third-order valence-corrected chi connectivity index (χ3v) is 4.62. The molecule has 1 saturated carbocycles. The average molecular weight is 275 g/mol. The molecule has 1 heterocycles. The molecule has 3 unspecified atom stereocenters. The van der Waals surface area contributed by atoms with Crippen molar-refractivity contribution in [2.24, 2.45) is 11.8 Å². The molecule has 0 aromatic heterocycles. The van der Waals surface area contributed by atoms with Gasteiger partial charge in [-0.2, -0.15) is 0 Å². The maximum atomic E-state index is 5.80. The molecule has 3 heteroatoms. The summed E-state index contributed by atoms with van der Waals surface area (Å²) < 4.78 is 11.5. The van der Waals surface area contributed by atoms with Crippen molar-refractivity contribution in [2.75, 3.05) is 5.32 Å². The second kappa shape index (κ2) is 4.87. The van der Waals surface area contributed by atoms with E-state index in [1.807, 2.05) is 19.9 Å². The van der Waals surface area contributed by atoms with Crippen LogP contribution >= 0.6 is 0 Å². The van der Waals surface area contributed by atoms with E-state index in [0.717, 1.165) is 29.0 Å². The van der Waals surface area contributed by atoms with E-state index in [1.54, 1.807) is 0 Å². The fourth-order valence-electron chi connectivity index (χ4n) is 3.23. The lowest BCUT2D eigenvalue weighted by Gasteiger charge is -2.33. The second-order valence-corrected chi connectivity index (χ2v) is 6.87. The van der Waals surface area contributed by atoms with Crippen molar-refractivity contribution in [1.82, 2.24) is 0 Å². The summed E-state index contributed by atoms with van der Waals surface area (Å²) in [6.45, 7) is 8.60. The number of fused-ring (bicyclic) bond motifs is 1. The Bertz CT molecular complexity index is 498. The van der Waals surface area contributed by atoms with Gasteiger partial charge in [-0.25, -0.2) is 0 Å². The van der Waals surface area contributed by atoms with E-state index in [-0.39, 0.29) is 0 Å². The highest BCUT2D eigenvalue weighted by atomic mass is 16.7. The standard InChI is InChI=1S/C17H25NO2/c1-11-5-6-13(9-12(11)2)18-14-7-8-15-16(10-14)20-17(3,4)19-15/h7-8,10-13,18H,5-6,9H2,1-4H3. The Labute approximate surface area is 121 Å². The number of anilines is 1. The molecule has 1 aliphatic heterocycles. The zero-order chi connectivity index (χ0) is 14.3. The Morgan fingerprint density at radius 3 is 2.55 bits per heavy atom. The minimum atomic E-state index is -0.546. The lowest BCUT2D eigenvalue weighted by atomic mass is 9.79. The van der Waals surface area contributed by atoms with Crippen molar-refractivity contribution in [3.63, 3.8) is 0 Å². The highest BCUT2D eigenvalue weighted by molar-refractivity contribution is 5.56. The van der Waals surface area contributed by atoms with Gasteiger partial charge in [0, 0.05) is 31.6 Å². The van der Waals surface area contributed by atoms with Crippen LogP contribution in [0.4, 0.5) is 5.69 Å². The quantitative estimate of drug-likeness (QED) is 0.866. The van der Waals surface area contributed by atoms with Crippen molar-refractivity contribution in [1.29, 1.82) is 0 Å². The van der Waals surface area contributed by atoms with Crippen LogP contribution < -0.4 is 14.8 Å². The predicted octanol–water partition coefficient (Wildman–Crippen LogP) is 4.43. The van der Waals surface area contributed by atoms with Crippen LogP contribution in [0.1, 0.15) is 47.0 Å². The Balaban J connectivity index is 1.68. The van der Waals surface area contributed by atoms with Gasteiger partial charge >= 0.3 is 0 Å². The van der Waals surface area contributed by atoms with Crippen LogP contribution in [0.25, 0.3) is 0 Å². The maximum Gasteiger partial charge on any atom is 0.246 e. The van der Waals surface area contributed by atoms with Crippen LogP contribution in [0.2, 0.25) is 0 Å². The average Bonchev–Trinajstić information content (AvgIpc) is 2.67. The zero-order valence-corrected chi connectivity index (χ0v) is 12.9. The van der Waals surface area contributed by atoms with E-state index in [2.05, 4.69) is 31.3 Å². The van der Waals surface area contributed by atoms with Gasteiger partial charge in [0.1, 0.15) is 0 Å². The first-order valence-electron chi connectivity index (χ1n) is 7.71. The van der Waals surface area contributed by atoms with Gasteiger partial charge in [0.15, 0.2) is 11.5 Å². The Morgan fingerprint density at radius 2 is 1.80 bits per heavy atom. The summed E-state index contributed by atoms with van der Waals surface area (Å²) in [5.41, 5.74) is 1.14. The number of rotatable bonds is 2. The van der Waals surface area contributed by atoms with Crippen LogP contribution in [-0.4, -0.2) is 11.8 Å². The lowest BCUT2D eigenvalue weighted by molar-refractivity contribution is -0.0431. The fraction of sp³-hybridized carbons (Fsp3) is 0.647. The van der Waals surface area contributed by atoms with E-state index in [4.69, 9.17) is 9.47 Å². The van der Waals surface area contributed by atoms with Gasteiger partial charge in [-0.05, 0) is 43.2 Å². The molecule has 0 saturated heterocycles. The Hall–Kier alpha value is -1.38. The molecule has 0 amide bonds. The predicted molar refractivity (Wildman–Crippen MR) is 81.4 cm³/mol. The number of benzene rings is 1. The molecular formula is C17H25NO2. The van der Waals surface area contributed by atoms with Crippen LogP contribution in [-0.2, 0) is 0 Å². The van der Waals surface area contributed by atoms with Crippen LogP contribution in [0, 0.1) is 11.8 Å². The summed E-state index contributed by atoms with van der Waals surface area (Å²) in [6, 6.07) is 6.73. The summed E-state index contributed by atoms with van der Waals surface area (Å²) in [7, 11) is 0. The first-order chi connectivity index (χ1) is 9.43. The molecule has 0 spiro atoms. The van der Waals surface area contributed by atoms with Gasteiger partial charge < -0.3 is 14.8 Å². The van der Waals surface area contributed by atoms with Gasteiger partial charge in [-0.3, -0.25) is 0 Å². The van der Waals surface area contributed by atoms with Gasteiger partial charge in [0.2, 0.25) is 5.79 Å². The first kappa shape index (κ1) is 13.6. The zero-order valence-electron chi connectivity index (χ0n) is 12.9. The SMILES string of the molecule is CC1CCC(Nc2ccc3c(c2)OC(C)(C)O3)CC1C. The van der Waals surface area contributed by atoms with Crippen molar-refractivity contribution < 1.29 is 9.47 Å². The summed E-state index contributed by atoms with van der Waals surface area (Å²) in [4.78, 5) is 0. The minimum Gasteiger partial charge on any atom is -0.449 e. The molecule has 1 aromatic rings. The molecule has 3 atom stereocenters. The normalized spacial score (nSPS) is 31.1. The molecule has 1 aromatic carbocycles. The van der Waals surface area contributed by atoms with Crippen molar-refractivity contribution >= 4 is 5.69 Å². The monoisotopic (exact) mass is 275 g/mol. The number of hydrogen-bond donors (Lipinski definition) is 1. The lowest BCUT2D eigenvalue weighted by Crippen LogP contribution is -2.30. The number of hydrogen-bond acceptors (Lipinski definition) is 3. The van der Waals surface area contributed by atoms with E-state index in [9.17, 15) is 0 Å². The second-order valence-electron chi connectivity index (χ2n) is 6.87. The van der Waals surface area contributed by atoms with Crippen LogP contribution in [0.5, 0.6) is 11.5 Å². The summed E-state index contributed by atoms with van der Waals surface area (Å²) in [5.74, 6) is 2.79. The molecule has 3 nitrogen and oxygen atoms in total. The molecule has 110 valence electrons. The van der Waals surface area contributed by atoms with E-state index >= 15 is 0 Å². The van der Waals surface area contributed by atoms with E-state index in [1.165, 1.54) is 19.3 Å². The van der Waals surface area contributed by atoms with Gasteiger partial charge in [-0.15, -0.1) is 0 Å². The van der Waals surface area contributed by atoms with Crippen LogP contribution in [0.3, 0.4) is 0 Å². The first-order valence-corrected chi connectivity index (χ1v) is 7.71. The summed E-state index contributed by atoms with van der Waals surface area (Å²) >= 11 is 0. The maximum absolute atomic E-state index is 5.80. The van der Waals surface area contributed by atoms with Crippen molar-refractivity contribution in [3.05, 3.63) is 18.2 Å². The molecule has 1 N–H and O–H groups in total. The van der Waals surface area contributed by atoms with Crippen molar-refractivity contribution in [2.45, 2.75) is 58.8 Å². The summed E-state index contributed by atoms with van der Waals surface area (Å²) in [6.07, 6.45) is 3.82. The molecular weight excluding hydrogens is 250 g/mol. The Kier molecular flexibility index (Phi) is 3.31. The number of ether oxygens (including phenoxy) is 2. The third kappa shape index (κ3) is 2.72. The highest BCUT2D eigenvalue weighted by Crippen LogP contribution is 2.41. The molecule has 20 heavy (non-hydrogen) atoms. The van der Waals surface area contributed by atoms with E-state index < -0.39 is 5.79 Å². The molecule has 0 radical (unpaired) electrons. The number of nitrogens with one attached hydrogen (secondary N) is 1. The molecule has 0 bridgehead atoms. The summed E-state index contributed by atoms with van der Waals surface area (Å²) in [5, 5.41) is 3.65. The highest BCUT2D eigenvalue weighted by Gasteiger charge is 2.32. The van der Waals surface area contributed by atoms with Crippen molar-refractivity contribution in [3.8, 4) is 11.5 Å². The van der Waals surface area contributed by atoms with Crippen LogP contribution in [0.15, 0.2) is 18.2 Å². The molecule has 3 rings (SSSR count). The van der Waals surface area contributed by atoms with Gasteiger partial charge in [0.25, 0.3) is 0 Å². The molecule has 1 aliphatic carbocycles. The minimum absolute atomic E-state index is 0.546. The molecule has 2 aliphatic rings. The molecule has 1 fully saturated rings. The van der Waals surface area contributed by atoms with Gasteiger partial charge in [-0.1, -0.05) is 13.8 Å². The van der Waals surface area contributed by atoms with E-state index in [0.29, 0.717) is 6.04 Å². The smallest absolute Gasteiger partial charge is 0.246 e. The largest absolute Gasteiger partial charge is 0.449 e. The topological polar surface area (TPSA) is 30.5 Å². The fourth-order valence-corrected chi connectivity index (χ4v) is 3.23. The Morgan fingerprint density at radius 1 is 1.05 bits per heavy atom. The third-order valence-electron chi connectivity index (χ3n) is 4.62.